The maximum absolute atomic E-state index is 11.1. The molecular formula is C17H36O3. The van der Waals surface area contributed by atoms with Crippen LogP contribution in [-0.4, -0.2) is 23.3 Å². The molecule has 1 aliphatic rings. The van der Waals surface area contributed by atoms with Crippen LogP contribution in [0.2, 0.25) is 0 Å². The smallest absolute Gasteiger partial charge is 0.309 e. The molecule has 3 heteroatoms. The van der Waals surface area contributed by atoms with E-state index in [4.69, 9.17) is 9.84 Å². The van der Waals surface area contributed by atoms with Gasteiger partial charge in [0.05, 0.1) is 17.6 Å². The maximum Gasteiger partial charge on any atom is 0.309 e. The lowest BCUT2D eigenvalue weighted by Crippen LogP contribution is -2.33. The van der Waals surface area contributed by atoms with Gasteiger partial charge in [0.1, 0.15) is 0 Å². The Bertz CT molecular complexity index is 256. The summed E-state index contributed by atoms with van der Waals surface area (Å²) >= 11 is 0. The minimum Gasteiger partial charge on any atom is -0.481 e. The van der Waals surface area contributed by atoms with Gasteiger partial charge in [-0.3, -0.25) is 4.79 Å². The van der Waals surface area contributed by atoms with Gasteiger partial charge in [-0.05, 0) is 39.0 Å². The first-order valence-electron chi connectivity index (χ1n) is 8.01. The van der Waals surface area contributed by atoms with E-state index in [2.05, 4.69) is 20.8 Å². The van der Waals surface area contributed by atoms with E-state index in [1.165, 1.54) is 0 Å². The standard InChI is InChI=1S/C11H20O3.C4H10.C2H6/c1-5-8(6-9-7(2)14-9)11(3,4)10(12)13;1-4(2)3;1-2/h7-9H,5-6H2,1-4H3,(H,12,13);4H,1-3H3;1-2H3. The molecule has 0 aromatic rings. The molecule has 0 saturated carbocycles. The van der Waals surface area contributed by atoms with Crippen molar-refractivity contribution in [2.24, 2.45) is 17.3 Å². The number of carbonyl (C=O) groups is 1. The summed E-state index contributed by atoms with van der Waals surface area (Å²) in [5.74, 6) is 0.326. The van der Waals surface area contributed by atoms with Crippen LogP contribution in [0.3, 0.4) is 0 Å². The van der Waals surface area contributed by atoms with Gasteiger partial charge in [-0.2, -0.15) is 0 Å². The van der Waals surface area contributed by atoms with Crippen molar-refractivity contribution in [3.8, 4) is 0 Å². The van der Waals surface area contributed by atoms with Gasteiger partial charge in [0, 0.05) is 0 Å². The summed E-state index contributed by atoms with van der Waals surface area (Å²) in [4.78, 5) is 11.1. The lowest BCUT2D eigenvalue weighted by molar-refractivity contribution is -0.150. The van der Waals surface area contributed by atoms with E-state index < -0.39 is 11.4 Å². The molecule has 0 amide bonds. The first kappa shape index (κ1) is 21.7. The number of carboxylic acids is 1. The number of aliphatic carboxylic acids is 1. The number of hydrogen-bond acceptors (Lipinski definition) is 2. The van der Waals surface area contributed by atoms with Crippen LogP contribution in [0.15, 0.2) is 0 Å². The van der Waals surface area contributed by atoms with Gasteiger partial charge in [-0.25, -0.2) is 0 Å². The van der Waals surface area contributed by atoms with Crippen molar-refractivity contribution in [2.45, 2.75) is 87.4 Å². The average molecular weight is 288 g/mol. The Kier molecular flexibility index (Phi) is 11.1. The molecular weight excluding hydrogens is 252 g/mol. The minimum absolute atomic E-state index is 0.204. The summed E-state index contributed by atoms with van der Waals surface area (Å²) in [6.07, 6.45) is 2.38. The summed E-state index contributed by atoms with van der Waals surface area (Å²) < 4.78 is 5.33. The predicted molar refractivity (Wildman–Crippen MR) is 86.0 cm³/mol. The van der Waals surface area contributed by atoms with Crippen molar-refractivity contribution in [3.63, 3.8) is 0 Å². The first-order chi connectivity index (χ1) is 9.12. The summed E-state index contributed by atoms with van der Waals surface area (Å²) in [6, 6.07) is 0. The molecule has 1 aliphatic heterocycles. The molecule has 0 radical (unpaired) electrons. The lowest BCUT2D eigenvalue weighted by atomic mass is 9.75. The third-order valence-electron chi connectivity index (χ3n) is 3.42. The minimum atomic E-state index is -0.711. The molecule has 1 heterocycles. The van der Waals surface area contributed by atoms with Gasteiger partial charge >= 0.3 is 5.97 Å². The van der Waals surface area contributed by atoms with Crippen LogP contribution < -0.4 is 0 Å². The average Bonchev–Trinajstić information content (AvgIpc) is 3.03. The predicted octanol–water partition coefficient (Wildman–Crippen LogP) is 4.99. The monoisotopic (exact) mass is 288 g/mol. The van der Waals surface area contributed by atoms with Gasteiger partial charge in [-0.1, -0.05) is 48.0 Å². The zero-order valence-corrected chi connectivity index (χ0v) is 15.0. The summed E-state index contributed by atoms with van der Waals surface area (Å²) in [7, 11) is 0. The molecule has 122 valence electrons. The van der Waals surface area contributed by atoms with Gasteiger partial charge in [0.2, 0.25) is 0 Å². The van der Waals surface area contributed by atoms with Crippen molar-refractivity contribution >= 4 is 5.97 Å². The van der Waals surface area contributed by atoms with Crippen molar-refractivity contribution < 1.29 is 14.6 Å². The molecule has 0 spiro atoms. The Morgan fingerprint density at radius 1 is 1.25 bits per heavy atom. The zero-order valence-electron chi connectivity index (χ0n) is 15.0. The van der Waals surface area contributed by atoms with E-state index in [1.807, 2.05) is 27.7 Å². The highest BCUT2D eigenvalue weighted by Gasteiger charge is 2.42. The zero-order chi connectivity index (χ0) is 16.5. The van der Waals surface area contributed by atoms with E-state index in [9.17, 15) is 4.79 Å². The Hall–Kier alpha value is -0.570. The van der Waals surface area contributed by atoms with Gasteiger partial charge in [0.25, 0.3) is 0 Å². The molecule has 0 bridgehead atoms. The van der Waals surface area contributed by atoms with Crippen LogP contribution >= 0.6 is 0 Å². The number of ether oxygens (including phenoxy) is 1. The molecule has 1 fully saturated rings. The van der Waals surface area contributed by atoms with Crippen LogP contribution in [-0.2, 0) is 9.53 Å². The second-order valence-corrected chi connectivity index (χ2v) is 6.48. The van der Waals surface area contributed by atoms with E-state index in [0.29, 0.717) is 12.2 Å². The quantitative estimate of drug-likeness (QED) is 0.725. The van der Waals surface area contributed by atoms with E-state index in [-0.39, 0.29) is 5.92 Å². The summed E-state index contributed by atoms with van der Waals surface area (Å²) in [5.41, 5.74) is -0.638. The molecule has 0 aliphatic carbocycles. The fraction of sp³-hybridized carbons (Fsp3) is 0.941. The highest BCUT2D eigenvalue weighted by Crippen LogP contribution is 2.38. The largest absolute Gasteiger partial charge is 0.481 e. The fourth-order valence-electron chi connectivity index (χ4n) is 1.90. The van der Waals surface area contributed by atoms with Crippen LogP contribution in [0.5, 0.6) is 0 Å². The van der Waals surface area contributed by atoms with Crippen LogP contribution in [0, 0.1) is 17.3 Å². The molecule has 3 nitrogen and oxygen atoms in total. The molecule has 3 unspecified atom stereocenters. The molecule has 3 atom stereocenters. The topological polar surface area (TPSA) is 49.8 Å². The molecule has 0 aromatic carbocycles. The third-order valence-corrected chi connectivity index (χ3v) is 3.42. The molecule has 20 heavy (non-hydrogen) atoms. The molecule has 1 rings (SSSR count). The van der Waals surface area contributed by atoms with E-state index >= 15 is 0 Å². The molecule has 1 saturated heterocycles. The first-order valence-corrected chi connectivity index (χ1v) is 8.01. The van der Waals surface area contributed by atoms with E-state index in [0.717, 1.165) is 18.8 Å². The second-order valence-electron chi connectivity index (χ2n) is 6.48. The number of rotatable bonds is 5. The highest BCUT2D eigenvalue weighted by molar-refractivity contribution is 5.74. The van der Waals surface area contributed by atoms with Crippen molar-refractivity contribution in [1.82, 2.24) is 0 Å². The Morgan fingerprint density at radius 2 is 1.60 bits per heavy atom. The SMILES string of the molecule is CC.CC(C)C.CCC(CC1OC1C)C(C)(C)C(=O)O. The maximum atomic E-state index is 11.1. The third kappa shape index (κ3) is 8.57. The van der Waals surface area contributed by atoms with Crippen molar-refractivity contribution in [1.29, 1.82) is 0 Å². The van der Waals surface area contributed by atoms with Gasteiger partial charge < -0.3 is 9.84 Å². The summed E-state index contributed by atoms with van der Waals surface area (Å²) in [6.45, 7) is 18.2. The number of hydrogen-bond donors (Lipinski definition) is 1. The highest BCUT2D eigenvalue weighted by atomic mass is 16.6. The number of epoxide rings is 1. The number of carboxylic acid groups (broad SMARTS) is 1. The Labute approximate surface area is 126 Å². The van der Waals surface area contributed by atoms with Crippen molar-refractivity contribution in [2.75, 3.05) is 0 Å². The summed E-state index contributed by atoms with van der Waals surface area (Å²) in [5, 5.41) is 9.10. The second kappa shape index (κ2) is 10.2. The van der Waals surface area contributed by atoms with Crippen LogP contribution in [0.4, 0.5) is 0 Å². The molecule has 1 N–H and O–H groups in total. The normalized spacial score (nSPS) is 22.1. The Balaban J connectivity index is 0. The Morgan fingerprint density at radius 3 is 1.80 bits per heavy atom. The van der Waals surface area contributed by atoms with Gasteiger partial charge in [0.15, 0.2) is 0 Å². The van der Waals surface area contributed by atoms with Crippen molar-refractivity contribution in [3.05, 3.63) is 0 Å². The van der Waals surface area contributed by atoms with Crippen LogP contribution in [0.1, 0.15) is 75.2 Å². The van der Waals surface area contributed by atoms with Crippen LogP contribution in [0.25, 0.3) is 0 Å². The van der Waals surface area contributed by atoms with E-state index in [1.54, 1.807) is 13.8 Å². The molecule has 0 aromatic heterocycles. The van der Waals surface area contributed by atoms with Gasteiger partial charge in [-0.15, -0.1) is 0 Å². The fourth-order valence-corrected chi connectivity index (χ4v) is 1.90. The lowest BCUT2D eigenvalue weighted by Gasteiger charge is -2.29.